The van der Waals surface area contributed by atoms with Gasteiger partial charge in [-0.1, -0.05) is 29.8 Å². The van der Waals surface area contributed by atoms with E-state index in [4.69, 9.17) is 5.73 Å². The molecule has 3 nitrogen and oxygen atoms in total. The summed E-state index contributed by atoms with van der Waals surface area (Å²) in [5.41, 5.74) is 10.9. The van der Waals surface area contributed by atoms with E-state index in [1.807, 2.05) is 12.1 Å². The number of rotatable bonds is 2. The van der Waals surface area contributed by atoms with Crippen LogP contribution in [-0.4, -0.2) is 0 Å². The van der Waals surface area contributed by atoms with Crippen LogP contribution in [0.15, 0.2) is 30.3 Å². The van der Waals surface area contributed by atoms with Crippen LogP contribution in [0.5, 0.6) is 0 Å². The molecule has 2 aromatic rings. The summed E-state index contributed by atoms with van der Waals surface area (Å²) < 4.78 is 0. The van der Waals surface area contributed by atoms with Gasteiger partial charge in [0, 0.05) is 11.5 Å². The van der Waals surface area contributed by atoms with E-state index in [-0.39, 0.29) is 0 Å². The molecule has 3 rings (SSSR count). The Morgan fingerprint density at radius 3 is 2.53 bits per heavy atom. The van der Waals surface area contributed by atoms with E-state index in [1.54, 1.807) is 0 Å². The molecule has 19 heavy (non-hydrogen) atoms. The number of aryl methyl sites for hydroxylation is 1. The third-order valence-corrected chi connectivity index (χ3v) is 3.61. The summed E-state index contributed by atoms with van der Waals surface area (Å²) in [4.78, 5) is 3.17. The van der Waals surface area contributed by atoms with E-state index < -0.39 is 0 Å². The average molecular weight is 250 g/mol. The summed E-state index contributed by atoms with van der Waals surface area (Å²) in [6.45, 7) is 2.05. The van der Waals surface area contributed by atoms with Crippen molar-refractivity contribution in [3.05, 3.63) is 47.2 Å². The number of H-pyrrole nitrogens is 1. The first-order valence-electron chi connectivity index (χ1n) is 6.52. The predicted molar refractivity (Wildman–Crippen MR) is 74.3 cm³/mol. The van der Waals surface area contributed by atoms with Crippen molar-refractivity contribution in [2.24, 2.45) is 0 Å². The molecule has 1 fully saturated rings. The van der Waals surface area contributed by atoms with Gasteiger partial charge in [-0.3, -0.25) is 5.73 Å². The smallest absolute Gasteiger partial charge is 0.286 e. The number of nitriles is 1. The Hall–Kier alpha value is -2.34. The molecule has 3 heteroatoms. The molecule has 0 spiro atoms. The number of nitrogens with one attached hydrogen (secondary N) is 1. The lowest BCUT2D eigenvalue weighted by atomic mass is 9.98. The molecule has 94 valence electrons. The van der Waals surface area contributed by atoms with E-state index in [0.717, 1.165) is 16.8 Å². The van der Waals surface area contributed by atoms with E-state index in [0.29, 0.717) is 17.3 Å². The Kier molecular flexibility index (Phi) is 2.72. The molecule has 0 atom stereocenters. The lowest BCUT2D eigenvalue weighted by molar-refractivity contribution is -0.373. The Balaban J connectivity index is 2.17. The van der Waals surface area contributed by atoms with Crippen LogP contribution in [0.25, 0.3) is 11.1 Å². The lowest BCUT2D eigenvalue weighted by Crippen LogP contribution is -2.18. The second-order valence-electron chi connectivity index (χ2n) is 5.18. The van der Waals surface area contributed by atoms with Gasteiger partial charge in [-0.2, -0.15) is 5.26 Å². The van der Waals surface area contributed by atoms with Crippen molar-refractivity contribution < 1.29 is 4.98 Å². The summed E-state index contributed by atoms with van der Waals surface area (Å²) >= 11 is 0. The van der Waals surface area contributed by atoms with Gasteiger partial charge in [0.2, 0.25) is 0 Å². The second-order valence-corrected chi connectivity index (χ2v) is 5.18. The molecule has 0 bridgehead atoms. The zero-order chi connectivity index (χ0) is 13.4. The maximum Gasteiger partial charge on any atom is 0.289 e. The van der Waals surface area contributed by atoms with Gasteiger partial charge < -0.3 is 0 Å². The Bertz CT molecular complexity index is 662. The zero-order valence-corrected chi connectivity index (χ0v) is 10.9. The van der Waals surface area contributed by atoms with Crippen molar-refractivity contribution >= 4 is 5.82 Å². The van der Waals surface area contributed by atoms with E-state index >= 15 is 0 Å². The van der Waals surface area contributed by atoms with Gasteiger partial charge >= 0.3 is 0 Å². The first-order chi connectivity index (χ1) is 9.19. The molecule has 1 heterocycles. The minimum absolute atomic E-state index is 0.475. The van der Waals surface area contributed by atoms with Gasteiger partial charge in [0.05, 0.1) is 0 Å². The summed E-state index contributed by atoms with van der Waals surface area (Å²) in [5.74, 6) is 1.06. The highest BCUT2D eigenvalue weighted by Gasteiger charge is 2.29. The van der Waals surface area contributed by atoms with Gasteiger partial charge in [0.1, 0.15) is 17.3 Å². The summed E-state index contributed by atoms with van der Waals surface area (Å²) in [7, 11) is 0. The van der Waals surface area contributed by atoms with Crippen LogP contribution in [0.3, 0.4) is 0 Å². The highest BCUT2D eigenvalue weighted by atomic mass is 14.9. The maximum absolute atomic E-state index is 9.31. The van der Waals surface area contributed by atoms with Crippen LogP contribution in [-0.2, 0) is 0 Å². The topological polar surface area (TPSA) is 63.9 Å². The highest BCUT2D eigenvalue weighted by molar-refractivity contribution is 5.74. The van der Waals surface area contributed by atoms with E-state index in [2.05, 4.69) is 36.2 Å². The number of hydrogen-bond donors (Lipinski definition) is 1. The number of nitrogens with two attached hydrogens (primary N) is 1. The number of aromatic amines is 1. The fraction of sp³-hybridized carbons (Fsp3) is 0.250. The summed E-state index contributed by atoms with van der Waals surface area (Å²) in [6.07, 6.45) is 2.41. The van der Waals surface area contributed by atoms with Crippen molar-refractivity contribution in [3.8, 4) is 17.2 Å². The number of pyridine rings is 1. The van der Waals surface area contributed by atoms with Gasteiger partial charge in [-0.25, -0.2) is 4.98 Å². The van der Waals surface area contributed by atoms with Crippen LogP contribution in [0.4, 0.5) is 5.82 Å². The normalized spacial score (nSPS) is 14.1. The molecule has 0 amide bonds. The van der Waals surface area contributed by atoms with E-state index in [1.165, 1.54) is 18.4 Å². The van der Waals surface area contributed by atoms with Crippen LogP contribution < -0.4 is 10.7 Å². The Morgan fingerprint density at radius 1 is 1.26 bits per heavy atom. The fourth-order valence-corrected chi connectivity index (χ4v) is 2.32. The molecule has 1 saturated carbocycles. The number of nitrogens with zero attached hydrogens (tertiary/aromatic N) is 1. The van der Waals surface area contributed by atoms with Crippen molar-refractivity contribution in [2.75, 3.05) is 5.73 Å². The average Bonchev–Trinajstić information content (AvgIpc) is 3.23. The number of aromatic nitrogens is 1. The number of nitrogen functional groups attached to an aromatic ring is 1. The standard InChI is InChI=1S/C16H15N3/c1-10-2-4-11(5-3-10)13-8-15(12-6-7-12)19-16(18)14(13)9-17/h2-5,8,12H,6-7H2,1H3,(H2,18,19)/p+1. The molecule has 3 N–H and O–H groups in total. The molecule has 0 radical (unpaired) electrons. The third kappa shape index (κ3) is 2.17. The first-order valence-corrected chi connectivity index (χ1v) is 6.52. The maximum atomic E-state index is 9.31. The Labute approximate surface area is 112 Å². The number of benzene rings is 1. The molecular formula is C16H16N3+. The molecule has 1 aromatic carbocycles. The number of anilines is 1. The van der Waals surface area contributed by atoms with Crippen molar-refractivity contribution in [2.45, 2.75) is 25.7 Å². The van der Waals surface area contributed by atoms with Gasteiger partial charge in [-0.05, 0) is 31.4 Å². The van der Waals surface area contributed by atoms with Crippen LogP contribution in [0, 0.1) is 18.3 Å². The molecular weight excluding hydrogens is 234 g/mol. The largest absolute Gasteiger partial charge is 0.289 e. The van der Waals surface area contributed by atoms with Gasteiger partial charge in [-0.15, -0.1) is 0 Å². The Morgan fingerprint density at radius 2 is 1.95 bits per heavy atom. The van der Waals surface area contributed by atoms with Crippen molar-refractivity contribution in [1.29, 1.82) is 5.26 Å². The molecule has 0 saturated heterocycles. The van der Waals surface area contributed by atoms with Gasteiger partial charge in [0.25, 0.3) is 5.82 Å². The molecule has 0 unspecified atom stereocenters. The van der Waals surface area contributed by atoms with E-state index in [9.17, 15) is 5.26 Å². The third-order valence-electron chi connectivity index (χ3n) is 3.61. The minimum Gasteiger partial charge on any atom is -0.286 e. The van der Waals surface area contributed by atoms with Crippen LogP contribution >= 0.6 is 0 Å². The first kappa shape index (κ1) is 11.7. The van der Waals surface area contributed by atoms with Gasteiger partial charge in [0.15, 0.2) is 0 Å². The quantitative estimate of drug-likeness (QED) is 0.890. The lowest BCUT2D eigenvalue weighted by Gasteiger charge is -2.07. The molecule has 1 aliphatic carbocycles. The SMILES string of the molecule is Cc1ccc(-c2cc(C3CC3)[nH+]c(N)c2C#N)cc1. The molecule has 0 aliphatic heterocycles. The number of hydrogen-bond acceptors (Lipinski definition) is 2. The summed E-state index contributed by atoms with van der Waals surface area (Å²) in [5, 5.41) is 9.31. The molecule has 1 aromatic heterocycles. The monoisotopic (exact) mass is 250 g/mol. The van der Waals surface area contributed by atoms with Crippen molar-refractivity contribution in [1.82, 2.24) is 0 Å². The van der Waals surface area contributed by atoms with Crippen LogP contribution in [0.2, 0.25) is 0 Å². The molecule has 1 aliphatic rings. The second kappa shape index (κ2) is 4.40. The van der Waals surface area contributed by atoms with Crippen LogP contribution in [0.1, 0.15) is 35.6 Å². The zero-order valence-electron chi connectivity index (χ0n) is 10.9. The predicted octanol–water partition coefficient (Wildman–Crippen LogP) is 2.81. The van der Waals surface area contributed by atoms with Crippen molar-refractivity contribution in [3.63, 3.8) is 0 Å². The summed E-state index contributed by atoms with van der Waals surface area (Å²) in [6, 6.07) is 12.5. The minimum atomic E-state index is 0.475. The fourth-order valence-electron chi connectivity index (χ4n) is 2.32. The highest BCUT2D eigenvalue weighted by Crippen LogP contribution is 2.40.